The zero-order chi connectivity index (χ0) is 18.8. The van der Waals surface area contributed by atoms with Gasteiger partial charge in [0.05, 0.1) is 5.69 Å². The Bertz CT molecular complexity index is 544. The van der Waals surface area contributed by atoms with E-state index in [2.05, 4.69) is 50.3 Å². The second-order valence-electron chi connectivity index (χ2n) is 7.56. The summed E-state index contributed by atoms with van der Waals surface area (Å²) < 4.78 is 2.08. The van der Waals surface area contributed by atoms with Crippen LogP contribution in [0.4, 0.5) is 0 Å². The van der Waals surface area contributed by atoms with Crippen molar-refractivity contribution in [3.8, 4) is 0 Å². The van der Waals surface area contributed by atoms with Crippen molar-refractivity contribution in [2.45, 2.75) is 71.4 Å². The van der Waals surface area contributed by atoms with Gasteiger partial charge < -0.3 is 15.5 Å². The van der Waals surface area contributed by atoms with Crippen LogP contribution >= 0.6 is 0 Å². The molecule has 0 atom stereocenters. The average molecular weight is 363 g/mol. The summed E-state index contributed by atoms with van der Waals surface area (Å²) in [4.78, 5) is 6.87. The third kappa shape index (κ3) is 6.98. The van der Waals surface area contributed by atoms with Crippen molar-refractivity contribution in [1.29, 1.82) is 0 Å². The van der Waals surface area contributed by atoms with Gasteiger partial charge in [0.25, 0.3) is 0 Å². The maximum Gasteiger partial charge on any atom is 0.190 e. The number of hydrogen-bond acceptors (Lipinski definition) is 3. The number of hydrogen-bond donors (Lipinski definition) is 2. The Hall–Kier alpha value is -1.56. The van der Waals surface area contributed by atoms with Crippen molar-refractivity contribution in [2.75, 3.05) is 33.7 Å². The Kier molecular flexibility index (Phi) is 8.95. The molecule has 6 heteroatoms. The summed E-state index contributed by atoms with van der Waals surface area (Å²) in [5.41, 5.74) is 2.32. The van der Waals surface area contributed by atoms with Gasteiger partial charge in [0.2, 0.25) is 0 Å². The van der Waals surface area contributed by atoms with Crippen molar-refractivity contribution in [3.05, 3.63) is 17.5 Å². The predicted molar refractivity (Wildman–Crippen MR) is 110 cm³/mol. The zero-order valence-electron chi connectivity index (χ0n) is 17.2. The van der Waals surface area contributed by atoms with Crippen molar-refractivity contribution < 1.29 is 0 Å². The van der Waals surface area contributed by atoms with E-state index in [0.29, 0.717) is 0 Å². The topological polar surface area (TPSA) is 57.5 Å². The SMILES string of the molecule is CN=C(NCCCN(C)C1CCCCC1)NCCCn1nc(C)cc1C. The zero-order valence-corrected chi connectivity index (χ0v) is 17.2. The van der Waals surface area contributed by atoms with Gasteiger partial charge in [-0.3, -0.25) is 9.67 Å². The molecule has 1 saturated carbocycles. The number of aromatic nitrogens is 2. The quantitative estimate of drug-likeness (QED) is 0.403. The molecule has 0 radical (unpaired) electrons. The molecule has 6 nitrogen and oxygen atoms in total. The number of rotatable bonds is 9. The summed E-state index contributed by atoms with van der Waals surface area (Å²) in [5.74, 6) is 0.902. The molecule has 0 aliphatic heterocycles. The first kappa shape index (κ1) is 20.7. The van der Waals surface area contributed by atoms with E-state index in [9.17, 15) is 0 Å². The summed E-state index contributed by atoms with van der Waals surface area (Å²) in [6.07, 6.45) is 9.17. The first-order valence-corrected chi connectivity index (χ1v) is 10.3. The molecule has 1 aromatic heterocycles. The van der Waals surface area contributed by atoms with E-state index in [4.69, 9.17) is 0 Å². The van der Waals surface area contributed by atoms with Crippen molar-refractivity contribution in [2.24, 2.45) is 4.99 Å². The maximum absolute atomic E-state index is 4.50. The van der Waals surface area contributed by atoms with E-state index in [1.54, 1.807) is 0 Å². The molecule has 1 heterocycles. The lowest BCUT2D eigenvalue weighted by Gasteiger charge is -2.31. The molecule has 148 valence electrons. The van der Waals surface area contributed by atoms with Gasteiger partial charge in [0.15, 0.2) is 5.96 Å². The summed E-state index contributed by atoms with van der Waals surface area (Å²) >= 11 is 0. The highest BCUT2D eigenvalue weighted by atomic mass is 15.3. The third-order valence-corrected chi connectivity index (χ3v) is 5.34. The molecule has 0 aromatic carbocycles. The normalized spacial score (nSPS) is 16.3. The predicted octanol–water partition coefficient (Wildman–Crippen LogP) is 2.71. The summed E-state index contributed by atoms with van der Waals surface area (Å²) in [6.45, 7) is 8.12. The Balaban J connectivity index is 1.55. The lowest BCUT2D eigenvalue weighted by atomic mass is 9.94. The van der Waals surface area contributed by atoms with Crippen molar-refractivity contribution >= 4 is 5.96 Å². The van der Waals surface area contributed by atoms with Gasteiger partial charge in [-0.05, 0) is 59.2 Å². The second-order valence-corrected chi connectivity index (χ2v) is 7.56. The minimum Gasteiger partial charge on any atom is -0.356 e. The van der Waals surface area contributed by atoms with Crippen LogP contribution in [-0.4, -0.2) is 60.4 Å². The molecule has 0 unspecified atom stereocenters. The number of aryl methyl sites for hydroxylation is 3. The third-order valence-electron chi connectivity index (χ3n) is 5.34. The molecule has 1 fully saturated rings. The molecule has 0 amide bonds. The van der Waals surface area contributed by atoms with E-state index in [-0.39, 0.29) is 0 Å². The lowest BCUT2D eigenvalue weighted by molar-refractivity contribution is 0.190. The number of nitrogens with one attached hydrogen (secondary N) is 2. The first-order chi connectivity index (χ1) is 12.6. The van der Waals surface area contributed by atoms with Gasteiger partial charge in [-0.2, -0.15) is 5.10 Å². The summed E-state index contributed by atoms with van der Waals surface area (Å²) in [7, 11) is 4.12. The Morgan fingerprint density at radius 2 is 1.88 bits per heavy atom. The van der Waals surface area contributed by atoms with Crippen LogP contribution in [0.2, 0.25) is 0 Å². The van der Waals surface area contributed by atoms with E-state index >= 15 is 0 Å². The summed E-state index contributed by atoms with van der Waals surface area (Å²) in [6, 6.07) is 2.92. The molecule has 1 aliphatic rings. The molecular weight excluding hydrogens is 324 g/mol. The molecule has 0 saturated heterocycles. The van der Waals surface area contributed by atoms with Crippen LogP contribution in [0.3, 0.4) is 0 Å². The van der Waals surface area contributed by atoms with Crippen LogP contribution in [0.5, 0.6) is 0 Å². The second kappa shape index (κ2) is 11.2. The minimum atomic E-state index is 0.801. The van der Waals surface area contributed by atoms with E-state index in [1.807, 2.05) is 14.0 Å². The molecule has 1 aliphatic carbocycles. The highest BCUT2D eigenvalue weighted by molar-refractivity contribution is 5.79. The standard InChI is InChI=1S/C20H38N6/c1-17-16-18(2)26(24-17)15-9-13-23-20(21-3)22-12-8-14-25(4)19-10-6-5-7-11-19/h16,19H,5-15H2,1-4H3,(H2,21,22,23). The average Bonchev–Trinajstić information content (AvgIpc) is 2.98. The van der Waals surface area contributed by atoms with Gasteiger partial charge in [-0.1, -0.05) is 19.3 Å². The molecule has 2 rings (SSSR count). The van der Waals surface area contributed by atoms with Crippen molar-refractivity contribution in [3.63, 3.8) is 0 Å². The van der Waals surface area contributed by atoms with Gasteiger partial charge in [-0.15, -0.1) is 0 Å². The fourth-order valence-corrected chi connectivity index (χ4v) is 3.80. The van der Waals surface area contributed by atoms with Crippen LogP contribution in [0, 0.1) is 13.8 Å². The smallest absolute Gasteiger partial charge is 0.190 e. The van der Waals surface area contributed by atoms with Gasteiger partial charge >= 0.3 is 0 Å². The Labute approximate surface area is 159 Å². The molecule has 1 aromatic rings. The van der Waals surface area contributed by atoms with Crippen LogP contribution in [0.1, 0.15) is 56.3 Å². The molecule has 0 bridgehead atoms. The van der Waals surface area contributed by atoms with E-state index in [0.717, 1.165) is 56.7 Å². The fraction of sp³-hybridized carbons (Fsp3) is 0.800. The molecule has 26 heavy (non-hydrogen) atoms. The first-order valence-electron chi connectivity index (χ1n) is 10.3. The van der Waals surface area contributed by atoms with Gasteiger partial charge in [0.1, 0.15) is 0 Å². The lowest BCUT2D eigenvalue weighted by Crippen LogP contribution is -2.40. The van der Waals surface area contributed by atoms with Gasteiger partial charge in [-0.25, -0.2) is 0 Å². The van der Waals surface area contributed by atoms with E-state index in [1.165, 1.54) is 37.8 Å². The molecule has 0 spiro atoms. The maximum atomic E-state index is 4.50. The van der Waals surface area contributed by atoms with Crippen LogP contribution in [0.15, 0.2) is 11.1 Å². The van der Waals surface area contributed by atoms with Crippen LogP contribution < -0.4 is 10.6 Å². The highest BCUT2D eigenvalue weighted by Gasteiger charge is 2.17. The summed E-state index contributed by atoms with van der Waals surface area (Å²) in [5, 5.41) is 11.3. The number of nitrogens with zero attached hydrogens (tertiary/aromatic N) is 4. The largest absolute Gasteiger partial charge is 0.356 e. The van der Waals surface area contributed by atoms with Crippen LogP contribution in [0.25, 0.3) is 0 Å². The number of guanidine groups is 1. The Morgan fingerprint density at radius 3 is 2.50 bits per heavy atom. The van der Waals surface area contributed by atoms with Crippen molar-refractivity contribution in [1.82, 2.24) is 25.3 Å². The minimum absolute atomic E-state index is 0.801. The van der Waals surface area contributed by atoms with Gasteiger partial charge in [0, 0.05) is 38.4 Å². The fourth-order valence-electron chi connectivity index (χ4n) is 3.80. The molecular formula is C20H38N6. The number of aliphatic imine (C=N–C) groups is 1. The molecule has 2 N–H and O–H groups in total. The van der Waals surface area contributed by atoms with E-state index < -0.39 is 0 Å². The Morgan fingerprint density at radius 1 is 1.19 bits per heavy atom. The monoisotopic (exact) mass is 362 g/mol. The van der Waals surface area contributed by atoms with Crippen LogP contribution in [-0.2, 0) is 6.54 Å². The highest BCUT2D eigenvalue weighted by Crippen LogP contribution is 2.21.